The zero-order valence-corrected chi connectivity index (χ0v) is 17.5. The molecule has 0 N–H and O–H groups in total. The third-order valence-electron chi connectivity index (χ3n) is 4.69. The summed E-state index contributed by atoms with van der Waals surface area (Å²) < 4.78 is 18.0. The first kappa shape index (κ1) is 18.5. The molecule has 0 aliphatic rings. The highest BCUT2D eigenvalue weighted by Crippen LogP contribution is 2.38. The summed E-state index contributed by atoms with van der Waals surface area (Å²) in [7, 11) is -0.0914. The fourth-order valence-corrected chi connectivity index (χ4v) is 75.2. The van der Waals surface area contributed by atoms with Crippen molar-refractivity contribution in [3.05, 3.63) is 12.3 Å². The monoisotopic (exact) mass is 322 g/mol. The van der Waals surface area contributed by atoms with Crippen molar-refractivity contribution in [1.29, 1.82) is 0 Å². The Balaban J connectivity index is 6.22. The lowest BCUT2D eigenvalue weighted by Crippen LogP contribution is -2.86. The van der Waals surface area contributed by atoms with E-state index in [0.717, 1.165) is 0 Å². The van der Waals surface area contributed by atoms with E-state index in [1.807, 2.05) is 21.3 Å². The SMILES string of the molecule is C=C[Si]([Si](C)(C)OC)([Si](C)(C)OC)[Si](C)(C)OC. The molecular weight excluding hydrogens is 292 g/mol. The lowest BCUT2D eigenvalue weighted by Gasteiger charge is -2.54. The minimum absolute atomic E-state index is 1.84. The normalized spacial score (nSPS) is 14.7. The standard InChI is InChI=1S/C11H30O3Si4/c1-11-18(15(5,6)12-2,16(7,8)13-3)17(9,10)14-4/h11H,1H2,2-10H3. The molecule has 0 radical (unpaired) electrons. The van der Waals surface area contributed by atoms with Crippen LogP contribution in [0.5, 0.6) is 0 Å². The van der Waals surface area contributed by atoms with Gasteiger partial charge in [-0.05, 0) is 39.3 Å². The first-order valence-corrected chi connectivity index (χ1v) is 20.1. The van der Waals surface area contributed by atoms with Crippen LogP contribution in [0.2, 0.25) is 39.3 Å². The Bertz CT molecular complexity index is 262. The van der Waals surface area contributed by atoms with Crippen LogP contribution >= 0.6 is 0 Å². The molecule has 0 rings (SSSR count). The molecule has 0 amide bonds. The van der Waals surface area contributed by atoms with Crippen molar-refractivity contribution in [3.8, 4) is 0 Å². The molecule has 0 aromatic heterocycles. The van der Waals surface area contributed by atoms with Gasteiger partial charge in [0.1, 0.15) is 0 Å². The lowest BCUT2D eigenvalue weighted by molar-refractivity contribution is 0.403. The molecule has 0 aliphatic carbocycles. The van der Waals surface area contributed by atoms with Crippen LogP contribution in [0.4, 0.5) is 0 Å². The van der Waals surface area contributed by atoms with Crippen molar-refractivity contribution >= 4 is 30.1 Å². The Morgan fingerprint density at radius 2 is 0.889 bits per heavy atom. The van der Waals surface area contributed by atoms with Gasteiger partial charge in [0.2, 0.25) is 0 Å². The quantitative estimate of drug-likeness (QED) is 0.675. The molecule has 0 saturated heterocycles. The molecule has 0 saturated carbocycles. The predicted molar refractivity (Wildman–Crippen MR) is 89.4 cm³/mol. The van der Waals surface area contributed by atoms with Crippen LogP contribution < -0.4 is 0 Å². The number of hydrogen-bond acceptors (Lipinski definition) is 3. The first-order chi connectivity index (χ1) is 7.99. The number of hydrogen-bond donors (Lipinski definition) is 0. The molecule has 0 fully saturated rings. The Kier molecular flexibility index (Phi) is 6.02. The summed E-state index contributed by atoms with van der Waals surface area (Å²) in [5, 5.41) is 0. The van der Waals surface area contributed by atoms with Crippen molar-refractivity contribution < 1.29 is 13.3 Å². The topological polar surface area (TPSA) is 27.7 Å². The van der Waals surface area contributed by atoms with E-state index < -0.39 is 30.1 Å². The third-order valence-corrected chi connectivity index (χ3v) is 67.3. The van der Waals surface area contributed by atoms with Crippen molar-refractivity contribution in [1.82, 2.24) is 0 Å². The van der Waals surface area contributed by atoms with E-state index in [1.54, 1.807) is 0 Å². The van der Waals surface area contributed by atoms with Gasteiger partial charge in [-0.2, -0.15) is 0 Å². The smallest absolute Gasteiger partial charge is 0.178 e. The highest BCUT2D eigenvalue weighted by atomic mass is 29.9. The second-order valence-electron chi connectivity index (χ2n) is 6.16. The maximum atomic E-state index is 6.01. The fourth-order valence-electron chi connectivity index (χ4n) is 3.40. The Morgan fingerprint density at radius 3 is 1.00 bits per heavy atom. The van der Waals surface area contributed by atoms with E-state index in [4.69, 9.17) is 13.3 Å². The van der Waals surface area contributed by atoms with Crippen molar-refractivity contribution in [2.75, 3.05) is 21.3 Å². The van der Waals surface area contributed by atoms with E-state index in [9.17, 15) is 0 Å². The zero-order chi connectivity index (χ0) is 14.8. The van der Waals surface area contributed by atoms with E-state index in [1.165, 1.54) is 0 Å². The van der Waals surface area contributed by atoms with Crippen molar-refractivity contribution in [3.63, 3.8) is 0 Å². The third kappa shape index (κ3) is 2.54. The molecule has 0 spiro atoms. The molecular formula is C11H30O3Si4. The molecule has 0 aliphatic heterocycles. The van der Waals surface area contributed by atoms with Crippen LogP contribution in [-0.4, -0.2) is 51.5 Å². The largest absolute Gasteiger partial charge is 0.423 e. The molecule has 7 heteroatoms. The summed E-state index contributed by atoms with van der Waals surface area (Å²) >= 11 is 0. The van der Waals surface area contributed by atoms with Crippen molar-refractivity contribution in [2.24, 2.45) is 0 Å². The molecule has 0 aromatic rings. The zero-order valence-electron chi connectivity index (χ0n) is 13.5. The Hall–Kier alpha value is 0.488. The maximum absolute atomic E-state index is 6.01. The minimum atomic E-state index is -1.94. The van der Waals surface area contributed by atoms with Gasteiger partial charge in [0.25, 0.3) is 0 Å². The van der Waals surface area contributed by atoms with E-state index >= 15 is 0 Å². The summed E-state index contributed by atoms with van der Waals surface area (Å²) in [6, 6.07) is 0. The second-order valence-corrected chi connectivity index (χ2v) is 40.9. The molecule has 0 heterocycles. The molecule has 0 atom stereocenters. The summed E-state index contributed by atoms with van der Waals surface area (Å²) in [6.07, 6.45) is 0. The maximum Gasteiger partial charge on any atom is 0.178 e. The van der Waals surface area contributed by atoms with Gasteiger partial charge in [-0.1, -0.05) is 0 Å². The van der Waals surface area contributed by atoms with Gasteiger partial charge in [-0.15, -0.1) is 12.3 Å². The first-order valence-electron chi connectivity index (χ1n) is 6.28. The highest BCUT2D eigenvalue weighted by Gasteiger charge is 2.69. The molecule has 18 heavy (non-hydrogen) atoms. The van der Waals surface area contributed by atoms with Gasteiger partial charge in [-0.3, -0.25) is 0 Å². The molecule has 0 unspecified atom stereocenters. The van der Waals surface area contributed by atoms with Gasteiger partial charge >= 0.3 is 0 Å². The molecule has 0 bridgehead atoms. The van der Waals surface area contributed by atoms with Crippen LogP contribution in [0, 0.1) is 0 Å². The van der Waals surface area contributed by atoms with Gasteiger partial charge in [0, 0.05) is 21.3 Å². The predicted octanol–water partition coefficient (Wildman–Crippen LogP) is 2.95. The molecule has 108 valence electrons. The van der Waals surface area contributed by atoms with Gasteiger partial charge in [0.15, 0.2) is 30.1 Å². The molecule has 3 nitrogen and oxygen atoms in total. The lowest BCUT2D eigenvalue weighted by atomic mass is 11.3. The average Bonchev–Trinajstić information content (AvgIpc) is 2.29. The Morgan fingerprint density at radius 1 is 0.667 bits per heavy atom. The Labute approximate surface area is 116 Å². The second kappa shape index (κ2) is 5.86. The van der Waals surface area contributed by atoms with Crippen LogP contribution in [0.3, 0.4) is 0 Å². The van der Waals surface area contributed by atoms with E-state index in [2.05, 4.69) is 51.6 Å². The van der Waals surface area contributed by atoms with Gasteiger partial charge in [0.05, 0.1) is 0 Å². The minimum Gasteiger partial charge on any atom is -0.423 e. The van der Waals surface area contributed by atoms with E-state index in [0.29, 0.717) is 0 Å². The summed E-state index contributed by atoms with van der Waals surface area (Å²) in [4.78, 5) is 0. The highest BCUT2D eigenvalue weighted by molar-refractivity contribution is 7.88. The fraction of sp³-hybridized carbons (Fsp3) is 0.818. The molecule has 0 aromatic carbocycles. The van der Waals surface area contributed by atoms with Crippen LogP contribution in [0.25, 0.3) is 0 Å². The van der Waals surface area contributed by atoms with Crippen LogP contribution in [-0.2, 0) is 13.3 Å². The summed E-state index contributed by atoms with van der Waals surface area (Å²) in [5.41, 5.74) is 2.23. The number of rotatable bonds is 7. The van der Waals surface area contributed by atoms with Crippen LogP contribution in [0.1, 0.15) is 0 Å². The average molecular weight is 323 g/mol. The van der Waals surface area contributed by atoms with Crippen LogP contribution in [0.15, 0.2) is 12.3 Å². The van der Waals surface area contributed by atoms with Gasteiger partial charge in [-0.25, -0.2) is 0 Å². The van der Waals surface area contributed by atoms with Crippen molar-refractivity contribution in [2.45, 2.75) is 39.3 Å². The summed E-state index contributed by atoms with van der Waals surface area (Å²) in [6.45, 7) is 16.1. The van der Waals surface area contributed by atoms with Gasteiger partial charge < -0.3 is 13.3 Å². The van der Waals surface area contributed by atoms with E-state index in [-0.39, 0.29) is 0 Å². The summed E-state index contributed by atoms with van der Waals surface area (Å²) in [5.74, 6) is 0.